The smallest absolute Gasteiger partial charge is 0.251 e. The molecule has 1 N–H and O–H groups in total. The first kappa shape index (κ1) is 17.7. The zero-order valence-electron chi connectivity index (χ0n) is 12.6. The number of nitrogens with one attached hydrogen (secondary N) is 1. The minimum Gasteiger partial charge on any atom is -0.301 e. The van der Waals surface area contributed by atoms with Crippen LogP contribution in [0, 0.1) is 5.92 Å². The van der Waals surface area contributed by atoms with Crippen LogP contribution < -0.4 is 10.2 Å². The van der Waals surface area contributed by atoms with Gasteiger partial charge in [-0.05, 0) is 60.7 Å². The highest BCUT2D eigenvalue weighted by Crippen LogP contribution is 2.23. The van der Waals surface area contributed by atoms with Gasteiger partial charge in [0.05, 0.1) is 11.4 Å². The van der Waals surface area contributed by atoms with Crippen LogP contribution in [0.4, 0.5) is 11.4 Å². The molecule has 126 valence electrons. The number of halogens is 2. The fraction of sp³-hybridized carbons (Fsp3) is 0.0588. The fourth-order valence-corrected chi connectivity index (χ4v) is 2.93. The summed E-state index contributed by atoms with van der Waals surface area (Å²) in [4.78, 5) is 30.4. The Balaban J connectivity index is 1.87. The van der Waals surface area contributed by atoms with E-state index in [-0.39, 0.29) is 5.11 Å². The standard InChI is InChI=1S/C17H11BrClN3O2S/c18-10-1-5-12(6-2-10)20-9-14-15(23)21-17(25)22(16(14)24)13-7-3-11(19)4-8-13/h1-9,14H,(H,21,23,25)/t14-/m1/s1. The maximum atomic E-state index is 12.8. The Morgan fingerprint density at radius 1 is 1.12 bits per heavy atom. The summed E-state index contributed by atoms with van der Waals surface area (Å²) in [6.45, 7) is 0. The summed E-state index contributed by atoms with van der Waals surface area (Å²) < 4.78 is 0.914. The van der Waals surface area contributed by atoms with Gasteiger partial charge in [0.15, 0.2) is 11.0 Å². The van der Waals surface area contributed by atoms with E-state index in [1.54, 1.807) is 36.4 Å². The molecule has 5 nitrogen and oxygen atoms in total. The summed E-state index contributed by atoms with van der Waals surface area (Å²) in [6, 6.07) is 13.8. The van der Waals surface area contributed by atoms with E-state index in [0.717, 1.165) is 4.47 Å². The number of rotatable bonds is 3. The Morgan fingerprint density at radius 3 is 2.40 bits per heavy atom. The summed E-state index contributed by atoms with van der Waals surface area (Å²) in [5.41, 5.74) is 1.16. The van der Waals surface area contributed by atoms with Crippen molar-refractivity contribution in [3.05, 3.63) is 58.0 Å². The van der Waals surface area contributed by atoms with E-state index < -0.39 is 17.7 Å². The van der Waals surface area contributed by atoms with E-state index in [9.17, 15) is 9.59 Å². The Morgan fingerprint density at radius 2 is 1.76 bits per heavy atom. The maximum Gasteiger partial charge on any atom is 0.251 e. The molecule has 1 fully saturated rings. The molecule has 0 unspecified atom stereocenters. The van der Waals surface area contributed by atoms with Crippen LogP contribution in [0.25, 0.3) is 0 Å². The second kappa shape index (κ2) is 7.43. The SMILES string of the molecule is O=C1NC(=S)N(c2ccc(Cl)cc2)C(=O)[C@@H]1C=Nc1ccc(Br)cc1. The highest BCUT2D eigenvalue weighted by molar-refractivity contribution is 9.10. The van der Waals surface area contributed by atoms with Gasteiger partial charge in [0, 0.05) is 15.7 Å². The number of carbonyl (C=O) groups is 2. The van der Waals surface area contributed by atoms with E-state index in [1.165, 1.54) is 11.1 Å². The third-order valence-corrected chi connectivity index (χ3v) is 4.55. The van der Waals surface area contributed by atoms with E-state index >= 15 is 0 Å². The molecule has 1 aliphatic rings. The average Bonchev–Trinajstić information content (AvgIpc) is 2.57. The first-order valence-electron chi connectivity index (χ1n) is 7.20. The molecule has 1 saturated heterocycles. The molecule has 0 bridgehead atoms. The molecule has 2 aromatic rings. The van der Waals surface area contributed by atoms with Crippen LogP contribution in [0.1, 0.15) is 0 Å². The number of nitrogens with zero attached hydrogens (tertiary/aromatic N) is 2. The maximum absolute atomic E-state index is 12.8. The topological polar surface area (TPSA) is 61.8 Å². The van der Waals surface area contributed by atoms with Crippen LogP contribution in [0.2, 0.25) is 5.02 Å². The van der Waals surface area contributed by atoms with Crippen molar-refractivity contribution in [3.63, 3.8) is 0 Å². The molecule has 25 heavy (non-hydrogen) atoms. The Hall–Kier alpha value is -2.09. The van der Waals surface area contributed by atoms with Gasteiger partial charge >= 0.3 is 0 Å². The normalized spacial score (nSPS) is 17.9. The van der Waals surface area contributed by atoms with Gasteiger partial charge in [0.25, 0.3) is 5.91 Å². The van der Waals surface area contributed by atoms with E-state index in [4.69, 9.17) is 23.8 Å². The van der Waals surface area contributed by atoms with Crippen LogP contribution in [0.15, 0.2) is 58.0 Å². The van der Waals surface area contributed by atoms with Gasteiger partial charge < -0.3 is 5.32 Å². The molecule has 0 spiro atoms. The Labute approximate surface area is 162 Å². The largest absolute Gasteiger partial charge is 0.301 e. The van der Waals surface area contributed by atoms with Crippen LogP contribution in [-0.2, 0) is 9.59 Å². The van der Waals surface area contributed by atoms with Gasteiger partial charge in [-0.1, -0.05) is 27.5 Å². The van der Waals surface area contributed by atoms with Crippen molar-refractivity contribution in [1.82, 2.24) is 5.32 Å². The van der Waals surface area contributed by atoms with Crippen molar-refractivity contribution >= 4 is 74.3 Å². The lowest BCUT2D eigenvalue weighted by Gasteiger charge is -2.30. The van der Waals surface area contributed by atoms with E-state index in [0.29, 0.717) is 16.4 Å². The molecule has 1 heterocycles. The molecular formula is C17H11BrClN3O2S. The second-order valence-corrected chi connectivity index (χ2v) is 6.92. The first-order valence-corrected chi connectivity index (χ1v) is 8.78. The second-order valence-electron chi connectivity index (χ2n) is 5.18. The van der Waals surface area contributed by atoms with Crippen LogP contribution in [0.5, 0.6) is 0 Å². The zero-order chi connectivity index (χ0) is 18.0. The van der Waals surface area contributed by atoms with Gasteiger partial charge in [-0.2, -0.15) is 0 Å². The highest BCUT2D eigenvalue weighted by Gasteiger charge is 2.38. The molecule has 0 saturated carbocycles. The molecular weight excluding hydrogens is 426 g/mol. The van der Waals surface area contributed by atoms with E-state index in [1.807, 2.05) is 12.1 Å². The molecule has 1 atom stereocenters. The van der Waals surface area contributed by atoms with Gasteiger partial charge in [-0.25, -0.2) is 0 Å². The fourth-order valence-electron chi connectivity index (χ4n) is 2.24. The first-order chi connectivity index (χ1) is 12.0. The molecule has 2 aromatic carbocycles. The summed E-state index contributed by atoms with van der Waals surface area (Å²) in [5, 5.41) is 3.11. The van der Waals surface area contributed by atoms with Gasteiger partial charge in [0.1, 0.15) is 0 Å². The summed E-state index contributed by atoms with van der Waals surface area (Å²) >= 11 is 14.3. The van der Waals surface area contributed by atoms with Crippen molar-refractivity contribution in [2.24, 2.45) is 10.9 Å². The zero-order valence-corrected chi connectivity index (χ0v) is 15.8. The molecule has 3 rings (SSSR count). The highest BCUT2D eigenvalue weighted by atomic mass is 79.9. The van der Waals surface area contributed by atoms with Crippen molar-refractivity contribution in [3.8, 4) is 0 Å². The predicted octanol–water partition coefficient (Wildman–Crippen LogP) is 3.87. The average molecular weight is 437 g/mol. The monoisotopic (exact) mass is 435 g/mol. The molecule has 0 aliphatic carbocycles. The Bertz CT molecular complexity index is 868. The summed E-state index contributed by atoms with van der Waals surface area (Å²) in [7, 11) is 0. The van der Waals surface area contributed by atoms with Crippen LogP contribution in [-0.4, -0.2) is 23.1 Å². The number of anilines is 1. The molecule has 8 heteroatoms. The number of hydrogen-bond donors (Lipinski definition) is 1. The summed E-state index contributed by atoms with van der Waals surface area (Å²) in [5.74, 6) is -2.02. The predicted molar refractivity (Wildman–Crippen MR) is 105 cm³/mol. The van der Waals surface area contributed by atoms with Gasteiger partial charge in [-0.3, -0.25) is 19.5 Å². The lowest BCUT2D eigenvalue weighted by atomic mass is 10.1. The molecule has 1 aliphatic heterocycles. The van der Waals surface area contributed by atoms with Crippen molar-refractivity contribution in [1.29, 1.82) is 0 Å². The third-order valence-electron chi connectivity index (χ3n) is 3.49. The number of carbonyl (C=O) groups excluding carboxylic acids is 2. The lowest BCUT2D eigenvalue weighted by molar-refractivity contribution is -0.130. The number of hydrogen-bond acceptors (Lipinski definition) is 4. The van der Waals surface area contributed by atoms with Crippen molar-refractivity contribution < 1.29 is 9.59 Å². The number of benzene rings is 2. The van der Waals surface area contributed by atoms with Crippen molar-refractivity contribution in [2.75, 3.05) is 4.90 Å². The van der Waals surface area contributed by atoms with Gasteiger partial charge in [0.2, 0.25) is 5.91 Å². The quantitative estimate of drug-likeness (QED) is 0.451. The van der Waals surface area contributed by atoms with Crippen molar-refractivity contribution in [2.45, 2.75) is 0 Å². The Kier molecular flexibility index (Phi) is 5.27. The number of thiocarbonyl (C=S) groups is 1. The number of amides is 2. The minimum absolute atomic E-state index is 0.0330. The molecule has 0 aromatic heterocycles. The lowest BCUT2D eigenvalue weighted by Crippen LogP contribution is -2.58. The molecule has 0 radical (unpaired) electrons. The van der Waals surface area contributed by atoms with Crippen LogP contribution >= 0.6 is 39.7 Å². The van der Waals surface area contributed by atoms with Gasteiger partial charge in [-0.15, -0.1) is 0 Å². The van der Waals surface area contributed by atoms with E-state index in [2.05, 4.69) is 26.2 Å². The molecule has 2 amide bonds. The van der Waals surface area contributed by atoms with Crippen LogP contribution in [0.3, 0.4) is 0 Å². The third kappa shape index (κ3) is 3.95. The summed E-state index contributed by atoms with van der Waals surface area (Å²) in [6.07, 6.45) is 1.32. The number of aliphatic imine (C=N–C) groups is 1. The minimum atomic E-state index is -1.06.